The van der Waals surface area contributed by atoms with Crippen LogP contribution in [0.2, 0.25) is 5.02 Å². The van der Waals surface area contributed by atoms with Gasteiger partial charge in [0.15, 0.2) is 5.82 Å². The summed E-state index contributed by atoms with van der Waals surface area (Å²) in [5.74, 6) is 0.727. The van der Waals surface area contributed by atoms with Gasteiger partial charge in [-0.1, -0.05) is 16.8 Å². The zero-order chi connectivity index (χ0) is 14.8. The molecule has 0 unspecified atom stereocenters. The quantitative estimate of drug-likeness (QED) is 0.792. The van der Waals surface area contributed by atoms with Gasteiger partial charge in [-0.05, 0) is 42.6 Å². The van der Waals surface area contributed by atoms with Gasteiger partial charge in [-0.2, -0.15) is 4.98 Å². The molecular weight excluding hydrogens is 310 g/mol. The molecule has 0 aliphatic rings. The largest absolute Gasteiger partial charge is 0.333 e. The van der Waals surface area contributed by atoms with Crippen molar-refractivity contribution in [1.82, 2.24) is 10.1 Å². The van der Waals surface area contributed by atoms with E-state index in [0.717, 1.165) is 4.88 Å². The maximum atomic E-state index is 12.2. The van der Waals surface area contributed by atoms with Crippen molar-refractivity contribution in [2.45, 2.75) is 6.92 Å². The minimum Gasteiger partial charge on any atom is -0.333 e. The summed E-state index contributed by atoms with van der Waals surface area (Å²) in [4.78, 5) is 17.1. The lowest BCUT2D eigenvalue weighted by molar-refractivity contribution is 0.102. The lowest BCUT2D eigenvalue weighted by Crippen LogP contribution is -2.11. The summed E-state index contributed by atoms with van der Waals surface area (Å²) in [5, 5.41) is 9.03. The summed E-state index contributed by atoms with van der Waals surface area (Å²) in [5.41, 5.74) is 1.17. The molecule has 3 rings (SSSR count). The Morgan fingerprint density at radius 1 is 1.29 bits per heavy atom. The summed E-state index contributed by atoms with van der Waals surface area (Å²) >= 11 is 7.23. The molecule has 1 N–H and O–H groups in total. The van der Waals surface area contributed by atoms with Crippen molar-refractivity contribution >= 4 is 34.5 Å². The Labute approximate surface area is 129 Å². The summed E-state index contributed by atoms with van der Waals surface area (Å²) in [6.07, 6.45) is 0. The van der Waals surface area contributed by atoms with E-state index in [2.05, 4.69) is 15.5 Å². The van der Waals surface area contributed by atoms with Gasteiger partial charge in [-0.3, -0.25) is 4.79 Å². The number of nitrogens with one attached hydrogen (secondary N) is 1. The Hall–Kier alpha value is -2.18. The van der Waals surface area contributed by atoms with Crippen molar-refractivity contribution in [2.24, 2.45) is 0 Å². The molecule has 0 saturated heterocycles. The Kier molecular flexibility index (Phi) is 3.72. The second kappa shape index (κ2) is 5.67. The van der Waals surface area contributed by atoms with Crippen molar-refractivity contribution in [3.63, 3.8) is 0 Å². The SMILES string of the molecule is Cc1noc(-c2sccc2NC(=O)c2ccc(Cl)cc2)n1. The van der Waals surface area contributed by atoms with Gasteiger partial charge in [0.25, 0.3) is 11.8 Å². The number of aryl methyl sites for hydroxylation is 1. The first kappa shape index (κ1) is 13.8. The summed E-state index contributed by atoms with van der Waals surface area (Å²) in [7, 11) is 0. The predicted molar refractivity (Wildman–Crippen MR) is 81.8 cm³/mol. The van der Waals surface area contributed by atoms with Crippen molar-refractivity contribution in [2.75, 3.05) is 5.32 Å². The van der Waals surface area contributed by atoms with Crippen LogP contribution in [0.4, 0.5) is 5.69 Å². The van der Waals surface area contributed by atoms with Gasteiger partial charge in [-0.25, -0.2) is 0 Å². The highest BCUT2D eigenvalue weighted by molar-refractivity contribution is 7.14. The van der Waals surface area contributed by atoms with Crippen LogP contribution in [0.25, 0.3) is 10.8 Å². The van der Waals surface area contributed by atoms with Crippen LogP contribution >= 0.6 is 22.9 Å². The van der Waals surface area contributed by atoms with Gasteiger partial charge < -0.3 is 9.84 Å². The van der Waals surface area contributed by atoms with E-state index in [1.54, 1.807) is 37.3 Å². The minimum atomic E-state index is -0.220. The summed E-state index contributed by atoms with van der Waals surface area (Å²) in [6.45, 7) is 1.74. The number of thiophene rings is 1. The number of benzene rings is 1. The van der Waals surface area contributed by atoms with Crippen LogP contribution in [-0.4, -0.2) is 16.0 Å². The molecular formula is C14H10ClN3O2S. The number of carbonyl (C=O) groups is 1. The average molecular weight is 320 g/mol. The number of rotatable bonds is 3. The van der Waals surface area contributed by atoms with Crippen molar-refractivity contribution in [3.8, 4) is 10.8 Å². The van der Waals surface area contributed by atoms with E-state index in [-0.39, 0.29) is 5.91 Å². The highest BCUT2D eigenvalue weighted by atomic mass is 35.5. The third-order valence-electron chi connectivity index (χ3n) is 2.74. The lowest BCUT2D eigenvalue weighted by Gasteiger charge is -2.04. The Morgan fingerprint density at radius 3 is 2.71 bits per heavy atom. The van der Waals surface area contributed by atoms with Crippen LogP contribution in [0.15, 0.2) is 40.2 Å². The normalized spacial score (nSPS) is 10.6. The molecule has 1 amide bonds. The Balaban J connectivity index is 1.84. The molecule has 0 saturated carbocycles. The van der Waals surface area contributed by atoms with Crippen LogP contribution in [0.3, 0.4) is 0 Å². The van der Waals surface area contributed by atoms with E-state index < -0.39 is 0 Å². The molecule has 0 aliphatic carbocycles. The first-order valence-corrected chi connectivity index (χ1v) is 7.34. The van der Waals surface area contributed by atoms with E-state index in [1.807, 2.05) is 5.38 Å². The van der Waals surface area contributed by atoms with Gasteiger partial charge in [-0.15, -0.1) is 11.3 Å². The van der Waals surface area contributed by atoms with E-state index >= 15 is 0 Å². The second-order valence-corrected chi connectivity index (χ2v) is 5.62. The maximum Gasteiger partial charge on any atom is 0.270 e. The molecule has 0 spiro atoms. The fraction of sp³-hybridized carbons (Fsp3) is 0.0714. The monoisotopic (exact) mass is 319 g/mol. The van der Waals surface area contributed by atoms with Crippen LogP contribution < -0.4 is 5.32 Å². The highest BCUT2D eigenvalue weighted by Gasteiger charge is 2.16. The van der Waals surface area contributed by atoms with Gasteiger partial charge in [0, 0.05) is 10.6 Å². The van der Waals surface area contributed by atoms with Crippen molar-refractivity contribution < 1.29 is 9.32 Å². The molecule has 0 fully saturated rings. The fourth-order valence-corrected chi connectivity index (χ4v) is 2.65. The molecule has 2 aromatic heterocycles. The molecule has 106 valence electrons. The van der Waals surface area contributed by atoms with E-state index in [1.165, 1.54) is 11.3 Å². The lowest BCUT2D eigenvalue weighted by atomic mass is 10.2. The number of aromatic nitrogens is 2. The van der Waals surface area contributed by atoms with Gasteiger partial charge in [0.05, 0.1) is 5.69 Å². The number of nitrogens with zero attached hydrogens (tertiary/aromatic N) is 2. The van der Waals surface area contributed by atoms with E-state index in [4.69, 9.17) is 16.1 Å². The fourth-order valence-electron chi connectivity index (χ4n) is 1.76. The van der Waals surface area contributed by atoms with E-state index in [0.29, 0.717) is 28.0 Å². The molecule has 5 nitrogen and oxygen atoms in total. The maximum absolute atomic E-state index is 12.2. The summed E-state index contributed by atoms with van der Waals surface area (Å²) in [6, 6.07) is 8.48. The molecule has 1 aromatic carbocycles. The average Bonchev–Trinajstić information content (AvgIpc) is 3.08. The molecule has 2 heterocycles. The first-order chi connectivity index (χ1) is 10.1. The number of anilines is 1. The Morgan fingerprint density at radius 2 is 2.05 bits per heavy atom. The first-order valence-electron chi connectivity index (χ1n) is 6.08. The minimum absolute atomic E-state index is 0.220. The van der Waals surface area contributed by atoms with Crippen molar-refractivity contribution in [3.05, 3.63) is 52.1 Å². The molecule has 0 aliphatic heterocycles. The van der Waals surface area contributed by atoms with Crippen LogP contribution in [-0.2, 0) is 0 Å². The molecule has 21 heavy (non-hydrogen) atoms. The van der Waals surface area contributed by atoms with Gasteiger partial charge in [0.2, 0.25) is 0 Å². The van der Waals surface area contributed by atoms with E-state index in [9.17, 15) is 4.79 Å². The van der Waals surface area contributed by atoms with Crippen LogP contribution in [0.5, 0.6) is 0 Å². The number of carbonyl (C=O) groups excluding carboxylic acids is 1. The molecule has 3 aromatic rings. The number of amides is 1. The third kappa shape index (κ3) is 2.96. The predicted octanol–water partition coefficient (Wildman–Crippen LogP) is 4.01. The Bertz CT molecular complexity index is 780. The number of hydrogen-bond acceptors (Lipinski definition) is 5. The zero-order valence-electron chi connectivity index (χ0n) is 11.0. The van der Waals surface area contributed by atoms with Crippen LogP contribution in [0, 0.1) is 6.92 Å². The second-order valence-electron chi connectivity index (χ2n) is 4.27. The van der Waals surface area contributed by atoms with Gasteiger partial charge in [0.1, 0.15) is 4.88 Å². The highest BCUT2D eigenvalue weighted by Crippen LogP contribution is 2.32. The summed E-state index contributed by atoms with van der Waals surface area (Å²) < 4.78 is 5.13. The number of hydrogen-bond donors (Lipinski definition) is 1. The molecule has 0 bridgehead atoms. The van der Waals surface area contributed by atoms with Crippen LogP contribution in [0.1, 0.15) is 16.2 Å². The number of halogens is 1. The topological polar surface area (TPSA) is 68.0 Å². The standard InChI is InChI=1S/C14H10ClN3O2S/c1-8-16-14(20-18-8)12-11(6-7-21-12)17-13(19)9-2-4-10(15)5-3-9/h2-7H,1H3,(H,17,19). The van der Waals surface area contributed by atoms with Gasteiger partial charge >= 0.3 is 0 Å². The molecule has 7 heteroatoms. The molecule has 0 atom stereocenters. The molecule has 0 radical (unpaired) electrons. The van der Waals surface area contributed by atoms with Crippen molar-refractivity contribution in [1.29, 1.82) is 0 Å². The zero-order valence-corrected chi connectivity index (χ0v) is 12.5. The smallest absolute Gasteiger partial charge is 0.270 e. The third-order valence-corrected chi connectivity index (χ3v) is 3.90.